The topological polar surface area (TPSA) is 15.3 Å². The number of rotatable bonds is 6. The first-order valence-corrected chi connectivity index (χ1v) is 8.20. The van der Waals surface area contributed by atoms with Crippen molar-refractivity contribution in [3.8, 4) is 0 Å². The molecule has 106 valence electrons. The van der Waals surface area contributed by atoms with E-state index in [9.17, 15) is 0 Å². The molecule has 0 spiro atoms. The average molecular weight is 252 g/mol. The third-order valence-corrected chi connectivity index (χ3v) is 5.26. The van der Waals surface area contributed by atoms with Crippen molar-refractivity contribution in [1.29, 1.82) is 0 Å². The Morgan fingerprint density at radius 2 is 2.06 bits per heavy atom. The van der Waals surface area contributed by atoms with Gasteiger partial charge in [-0.3, -0.25) is 4.90 Å². The van der Waals surface area contributed by atoms with E-state index >= 15 is 0 Å². The summed E-state index contributed by atoms with van der Waals surface area (Å²) in [6, 6.07) is 2.43. The summed E-state index contributed by atoms with van der Waals surface area (Å²) in [5, 5.41) is 3.79. The molecule has 1 aliphatic heterocycles. The third-order valence-electron chi connectivity index (χ3n) is 5.26. The number of hydrogen-bond acceptors (Lipinski definition) is 2. The van der Waals surface area contributed by atoms with Gasteiger partial charge in [0.25, 0.3) is 0 Å². The van der Waals surface area contributed by atoms with Crippen LogP contribution in [-0.4, -0.2) is 36.1 Å². The maximum atomic E-state index is 3.79. The van der Waals surface area contributed by atoms with Gasteiger partial charge in [0, 0.05) is 31.2 Å². The lowest BCUT2D eigenvalue weighted by Crippen LogP contribution is -2.59. The summed E-state index contributed by atoms with van der Waals surface area (Å²) >= 11 is 0. The van der Waals surface area contributed by atoms with Crippen LogP contribution >= 0.6 is 0 Å². The molecular weight excluding hydrogens is 220 g/mol. The van der Waals surface area contributed by atoms with Gasteiger partial charge < -0.3 is 5.32 Å². The Hall–Kier alpha value is -0.0800. The van der Waals surface area contributed by atoms with Gasteiger partial charge in [-0.2, -0.15) is 0 Å². The Bertz CT molecular complexity index is 253. The predicted octanol–water partition coefficient (Wildman–Crippen LogP) is 3.27. The Labute approximate surface area is 114 Å². The van der Waals surface area contributed by atoms with E-state index in [1.54, 1.807) is 0 Å². The summed E-state index contributed by atoms with van der Waals surface area (Å²) in [5.74, 6) is 1.83. The molecule has 2 fully saturated rings. The maximum absolute atomic E-state index is 3.79. The lowest BCUT2D eigenvalue weighted by molar-refractivity contribution is 0.0930. The molecule has 2 heteroatoms. The molecule has 2 nitrogen and oxygen atoms in total. The van der Waals surface area contributed by atoms with E-state index in [1.807, 2.05) is 0 Å². The van der Waals surface area contributed by atoms with Gasteiger partial charge in [0.15, 0.2) is 0 Å². The zero-order valence-corrected chi connectivity index (χ0v) is 12.8. The van der Waals surface area contributed by atoms with E-state index in [2.05, 4.69) is 37.9 Å². The largest absolute Gasteiger partial charge is 0.311 e. The van der Waals surface area contributed by atoms with Crippen molar-refractivity contribution in [3.63, 3.8) is 0 Å². The Balaban J connectivity index is 1.92. The van der Waals surface area contributed by atoms with Crippen molar-refractivity contribution >= 4 is 0 Å². The van der Waals surface area contributed by atoms with E-state index in [-0.39, 0.29) is 0 Å². The fourth-order valence-corrected chi connectivity index (χ4v) is 3.61. The van der Waals surface area contributed by atoms with Crippen LogP contribution in [-0.2, 0) is 0 Å². The number of piperazine rings is 1. The number of nitrogens with zero attached hydrogens (tertiary/aromatic N) is 1. The molecule has 0 aromatic carbocycles. The van der Waals surface area contributed by atoms with Crippen molar-refractivity contribution in [1.82, 2.24) is 10.2 Å². The normalized spacial score (nSPS) is 38.7. The van der Waals surface area contributed by atoms with Crippen LogP contribution in [0.3, 0.4) is 0 Å². The van der Waals surface area contributed by atoms with Crippen molar-refractivity contribution in [2.75, 3.05) is 13.1 Å². The van der Waals surface area contributed by atoms with Gasteiger partial charge in [-0.05, 0) is 31.1 Å². The highest BCUT2D eigenvalue weighted by molar-refractivity contribution is 5.01. The molecule has 5 atom stereocenters. The van der Waals surface area contributed by atoms with Gasteiger partial charge in [0.05, 0.1) is 0 Å². The van der Waals surface area contributed by atoms with Gasteiger partial charge >= 0.3 is 0 Å². The van der Waals surface area contributed by atoms with Crippen LogP contribution in [0, 0.1) is 11.8 Å². The smallest absolute Gasteiger partial charge is 0.0221 e. The van der Waals surface area contributed by atoms with Crippen LogP contribution in [0.2, 0.25) is 0 Å². The zero-order chi connectivity index (χ0) is 13.1. The molecule has 1 saturated carbocycles. The van der Waals surface area contributed by atoms with E-state index in [0.717, 1.165) is 30.0 Å². The number of hydrogen-bond donors (Lipinski definition) is 1. The maximum Gasteiger partial charge on any atom is 0.0221 e. The first kappa shape index (κ1) is 14.3. The van der Waals surface area contributed by atoms with Gasteiger partial charge in [0.2, 0.25) is 0 Å². The molecule has 1 N–H and O–H groups in total. The quantitative estimate of drug-likeness (QED) is 0.780. The Kier molecular flexibility index (Phi) is 5.08. The molecule has 0 bridgehead atoms. The van der Waals surface area contributed by atoms with Gasteiger partial charge in [-0.1, -0.05) is 40.5 Å². The molecule has 0 aromatic rings. The van der Waals surface area contributed by atoms with Crippen LogP contribution in [0.15, 0.2) is 0 Å². The van der Waals surface area contributed by atoms with E-state index < -0.39 is 0 Å². The summed E-state index contributed by atoms with van der Waals surface area (Å²) in [4.78, 5) is 2.85. The number of nitrogens with one attached hydrogen (secondary N) is 1. The lowest BCUT2D eigenvalue weighted by atomic mass is 9.94. The van der Waals surface area contributed by atoms with Crippen molar-refractivity contribution in [2.24, 2.45) is 11.8 Å². The van der Waals surface area contributed by atoms with E-state index in [4.69, 9.17) is 0 Å². The Morgan fingerprint density at radius 1 is 1.28 bits per heavy atom. The average Bonchev–Trinajstić information content (AvgIpc) is 3.16. The van der Waals surface area contributed by atoms with Crippen LogP contribution in [0.25, 0.3) is 0 Å². The SMILES string of the molecule is CCCC1CC1N1CC(C(C)CC)NCC1CC. The van der Waals surface area contributed by atoms with Crippen molar-refractivity contribution in [3.05, 3.63) is 0 Å². The molecule has 2 aliphatic rings. The van der Waals surface area contributed by atoms with E-state index in [1.165, 1.54) is 45.2 Å². The highest BCUT2D eigenvalue weighted by Gasteiger charge is 2.45. The minimum atomic E-state index is 0.723. The summed E-state index contributed by atoms with van der Waals surface area (Å²) in [6.07, 6.45) is 6.87. The van der Waals surface area contributed by atoms with Crippen LogP contribution in [0.5, 0.6) is 0 Å². The molecule has 1 heterocycles. The van der Waals surface area contributed by atoms with Crippen molar-refractivity contribution in [2.45, 2.75) is 77.9 Å². The standard InChI is InChI=1S/C16H32N2/c1-5-8-13-9-16(13)18-11-15(12(4)6-2)17-10-14(18)7-3/h12-17H,5-11H2,1-4H3. The first-order valence-electron chi connectivity index (χ1n) is 8.20. The third kappa shape index (κ3) is 3.08. The monoisotopic (exact) mass is 252 g/mol. The second-order valence-electron chi connectivity index (χ2n) is 6.51. The molecule has 2 rings (SSSR count). The van der Waals surface area contributed by atoms with Crippen LogP contribution < -0.4 is 5.32 Å². The second kappa shape index (κ2) is 6.38. The second-order valence-corrected chi connectivity index (χ2v) is 6.51. The van der Waals surface area contributed by atoms with Crippen LogP contribution in [0.1, 0.15) is 59.8 Å². The lowest BCUT2D eigenvalue weighted by Gasteiger charge is -2.42. The summed E-state index contributed by atoms with van der Waals surface area (Å²) < 4.78 is 0. The Morgan fingerprint density at radius 3 is 2.67 bits per heavy atom. The van der Waals surface area contributed by atoms with Crippen molar-refractivity contribution < 1.29 is 0 Å². The molecular formula is C16H32N2. The fraction of sp³-hybridized carbons (Fsp3) is 1.00. The molecule has 18 heavy (non-hydrogen) atoms. The van der Waals surface area contributed by atoms with Gasteiger partial charge in [0.1, 0.15) is 0 Å². The minimum absolute atomic E-state index is 0.723. The van der Waals surface area contributed by atoms with Gasteiger partial charge in [-0.25, -0.2) is 0 Å². The summed E-state index contributed by atoms with van der Waals surface area (Å²) in [7, 11) is 0. The summed E-state index contributed by atoms with van der Waals surface area (Å²) in [6.45, 7) is 11.9. The molecule has 1 saturated heterocycles. The molecule has 0 aromatic heterocycles. The molecule has 0 radical (unpaired) electrons. The predicted molar refractivity (Wildman–Crippen MR) is 78.8 cm³/mol. The molecule has 1 aliphatic carbocycles. The molecule has 5 unspecified atom stereocenters. The van der Waals surface area contributed by atoms with E-state index in [0.29, 0.717) is 0 Å². The fourth-order valence-electron chi connectivity index (χ4n) is 3.61. The summed E-state index contributed by atoms with van der Waals surface area (Å²) in [5.41, 5.74) is 0. The highest BCUT2D eigenvalue weighted by Crippen LogP contribution is 2.41. The first-order chi connectivity index (χ1) is 8.71. The highest BCUT2D eigenvalue weighted by atomic mass is 15.3. The van der Waals surface area contributed by atoms with Crippen LogP contribution in [0.4, 0.5) is 0 Å². The molecule has 0 amide bonds. The minimum Gasteiger partial charge on any atom is -0.311 e. The zero-order valence-electron chi connectivity index (χ0n) is 12.8. The van der Waals surface area contributed by atoms with Gasteiger partial charge in [-0.15, -0.1) is 0 Å².